The number of para-hydroxylation sites is 2. The van der Waals surface area contributed by atoms with E-state index in [1.165, 1.54) is 5.56 Å². The molecule has 1 aliphatic heterocycles. The number of ketones is 2. The van der Waals surface area contributed by atoms with Crippen molar-refractivity contribution in [3.05, 3.63) is 201 Å². The van der Waals surface area contributed by atoms with Crippen molar-refractivity contribution in [1.29, 1.82) is 0 Å². The summed E-state index contributed by atoms with van der Waals surface area (Å²) in [5, 5.41) is 1.90. The lowest BCUT2D eigenvalue weighted by Gasteiger charge is -2.44. The molecule has 222 valence electrons. The van der Waals surface area contributed by atoms with Gasteiger partial charge in [0.15, 0.2) is 11.6 Å². The molecule has 0 saturated heterocycles. The molecule has 2 heterocycles. The number of carbonyl (C=O) groups is 2. The van der Waals surface area contributed by atoms with Gasteiger partial charge in [-0.2, -0.15) is 0 Å². The van der Waals surface area contributed by atoms with Gasteiger partial charge < -0.3 is 4.90 Å². The number of rotatable bonds is 4. The number of allylic oxidation sites excluding steroid dienone is 1. The lowest BCUT2D eigenvalue weighted by atomic mass is 9.66. The summed E-state index contributed by atoms with van der Waals surface area (Å²) in [4.78, 5) is 32.0. The molecule has 0 atom stereocenters. The van der Waals surface area contributed by atoms with Crippen LogP contribution in [0.5, 0.6) is 0 Å². The zero-order chi connectivity index (χ0) is 31.5. The van der Waals surface area contributed by atoms with Crippen LogP contribution in [0.2, 0.25) is 0 Å². The third kappa shape index (κ3) is 4.05. The van der Waals surface area contributed by atoms with Crippen LogP contribution in [0.3, 0.4) is 0 Å². The highest BCUT2D eigenvalue weighted by Crippen LogP contribution is 2.60. The van der Waals surface area contributed by atoms with Gasteiger partial charge in [0.1, 0.15) is 0 Å². The highest BCUT2D eigenvalue weighted by molar-refractivity contribution is 7.14. The second kappa shape index (κ2) is 10.6. The molecule has 6 aromatic carbocycles. The fourth-order valence-electron chi connectivity index (χ4n) is 7.40. The largest absolute Gasteiger partial charge is 0.309 e. The van der Waals surface area contributed by atoms with Gasteiger partial charge in [0.05, 0.1) is 22.4 Å². The van der Waals surface area contributed by atoms with Crippen LogP contribution in [0, 0.1) is 0 Å². The number of thiophene rings is 1. The molecule has 7 aromatic rings. The first kappa shape index (κ1) is 27.5. The summed E-state index contributed by atoms with van der Waals surface area (Å²) < 4.78 is 0. The van der Waals surface area contributed by atoms with Crippen LogP contribution in [-0.4, -0.2) is 11.6 Å². The molecule has 3 nitrogen and oxygen atoms in total. The number of hydrogen-bond donors (Lipinski definition) is 0. The minimum atomic E-state index is -0.633. The zero-order valence-corrected chi connectivity index (χ0v) is 26.1. The fourth-order valence-corrected chi connectivity index (χ4v) is 8.73. The Labute approximate surface area is 276 Å². The van der Waals surface area contributed by atoms with E-state index in [9.17, 15) is 9.59 Å². The molecule has 0 unspecified atom stereocenters. The Morgan fingerprint density at radius 1 is 0.532 bits per heavy atom. The molecule has 1 aliphatic carbocycles. The minimum Gasteiger partial charge on any atom is -0.309 e. The van der Waals surface area contributed by atoms with Crippen molar-refractivity contribution in [3.8, 4) is 0 Å². The quantitative estimate of drug-likeness (QED) is 0.145. The number of nitrogens with zero attached hydrogens (tertiary/aromatic N) is 1. The number of benzene rings is 6. The topological polar surface area (TPSA) is 37.4 Å². The van der Waals surface area contributed by atoms with Gasteiger partial charge in [-0.3, -0.25) is 9.59 Å². The second-order valence-electron chi connectivity index (χ2n) is 12.0. The number of carbonyl (C=O) groups excluding carboxylic acids is 2. The summed E-state index contributed by atoms with van der Waals surface area (Å²) in [6, 6.07) is 54.0. The highest BCUT2D eigenvalue weighted by atomic mass is 32.1. The van der Waals surface area contributed by atoms with Gasteiger partial charge >= 0.3 is 0 Å². The van der Waals surface area contributed by atoms with E-state index in [2.05, 4.69) is 120 Å². The van der Waals surface area contributed by atoms with E-state index in [0.717, 1.165) is 48.7 Å². The molecular weight excluding hydrogens is 595 g/mol. The maximum Gasteiger partial charge on any atom is 0.197 e. The van der Waals surface area contributed by atoms with E-state index >= 15 is 0 Å². The van der Waals surface area contributed by atoms with Crippen molar-refractivity contribution in [2.45, 2.75) is 5.41 Å². The van der Waals surface area contributed by atoms with Crippen molar-refractivity contribution in [3.63, 3.8) is 0 Å². The molecule has 0 N–H and O–H groups in total. The Morgan fingerprint density at radius 3 is 1.64 bits per heavy atom. The standard InChI is InChI=1S/C43H27NO2S/c45-40-34-24-28-14-10-11-15-29(28)25-35(34)41(46)36(40)26-33-27-39-42(47-33)43(30-16-4-1-5-17-30,31-18-6-2-7-19-31)37-22-12-13-23-38(37)44(39)32-20-8-3-9-21-32/h1-27H. The molecule has 1 aromatic heterocycles. The van der Waals surface area contributed by atoms with Crippen LogP contribution in [0.25, 0.3) is 16.8 Å². The van der Waals surface area contributed by atoms with E-state index in [1.807, 2.05) is 48.5 Å². The highest BCUT2D eigenvalue weighted by Gasteiger charge is 2.48. The molecule has 2 aliphatic rings. The van der Waals surface area contributed by atoms with E-state index in [-0.39, 0.29) is 17.1 Å². The Morgan fingerprint density at radius 2 is 1.04 bits per heavy atom. The van der Waals surface area contributed by atoms with Gasteiger partial charge in [-0.05, 0) is 69.9 Å². The van der Waals surface area contributed by atoms with Crippen molar-refractivity contribution in [1.82, 2.24) is 0 Å². The summed E-state index contributed by atoms with van der Waals surface area (Å²) in [5.41, 5.74) is 7.16. The van der Waals surface area contributed by atoms with Crippen LogP contribution in [0.4, 0.5) is 17.1 Å². The lowest BCUT2D eigenvalue weighted by Crippen LogP contribution is -2.36. The first-order valence-electron chi connectivity index (χ1n) is 15.7. The van der Waals surface area contributed by atoms with Gasteiger partial charge in [0, 0.05) is 26.6 Å². The van der Waals surface area contributed by atoms with Gasteiger partial charge in [0.2, 0.25) is 0 Å². The van der Waals surface area contributed by atoms with Crippen LogP contribution in [0.1, 0.15) is 47.2 Å². The number of Topliss-reactive ketones (excluding diaryl/α,β-unsaturated/α-hetero) is 2. The second-order valence-corrected chi connectivity index (χ2v) is 13.1. The molecule has 0 spiro atoms. The van der Waals surface area contributed by atoms with Gasteiger partial charge in [-0.25, -0.2) is 0 Å². The molecule has 0 radical (unpaired) electrons. The average molecular weight is 622 g/mol. The summed E-state index contributed by atoms with van der Waals surface area (Å²) >= 11 is 1.64. The smallest absolute Gasteiger partial charge is 0.197 e. The number of hydrogen-bond acceptors (Lipinski definition) is 4. The third-order valence-electron chi connectivity index (χ3n) is 9.44. The van der Waals surface area contributed by atoms with Crippen molar-refractivity contribution in [2.75, 3.05) is 4.90 Å². The maximum absolute atomic E-state index is 13.8. The molecule has 9 rings (SSSR count). The van der Waals surface area contributed by atoms with E-state index in [4.69, 9.17) is 0 Å². The molecule has 0 saturated carbocycles. The molecule has 4 heteroatoms. The average Bonchev–Trinajstić information content (AvgIpc) is 3.65. The van der Waals surface area contributed by atoms with Crippen LogP contribution >= 0.6 is 11.3 Å². The lowest BCUT2D eigenvalue weighted by molar-refractivity contribution is 0.0990. The molecule has 0 amide bonds. The van der Waals surface area contributed by atoms with Gasteiger partial charge in [0.25, 0.3) is 0 Å². The molecule has 47 heavy (non-hydrogen) atoms. The third-order valence-corrected chi connectivity index (χ3v) is 10.6. The summed E-state index contributed by atoms with van der Waals surface area (Å²) in [7, 11) is 0. The van der Waals surface area contributed by atoms with Crippen LogP contribution in [0.15, 0.2) is 163 Å². The fraction of sp³-hybridized carbons (Fsp3) is 0.0233. The van der Waals surface area contributed by atoms with Gasteiger partial charge in [-0.15, -0.1) is 11.3 Å². The van der Waals surface area contributed by atoms with E-state index in [0.29, 0.717) is 11.1 Å². The Bertz CT molecular complexity index is 2290. The van der Waals surface area contributed by atoms with Crippen LogP contribution < -0.4 is 4.90 Å². The van der Waals surface area contributed by atoms with Crippen LogP contribution in [-0.2, 0) is 5.41 Å². The normalized spacial score (nSPS) is 14.6. The predicted molar refractivity (Wildman–Crippen MR) is 191 cm³/mol. The minimum absolute atomic E-state index is 0.211. The van der Waals surface area contributed by atoms with Crippen molar-refractivity contribution >= 4 is 56.8 Å². The molecular formula is C43H27NO2S. The monoisotopic (exact) mass is 621 g/mol. The van der Waals surface area contributed by atoms with Crippen molar-refractivity contribution in [2.24, 2.45) is 0 Å². The Hall–Kier alpha value is -5.84. The number of fused-ring (bicyclic) bond motifs is 4. The summed E-state index contributed by atoms with van der Waals surface area (Å²) in [6.45, 7) is 0. The zero-order valence-electron chi connectivity index (χ0n) is 25.3. The van der Waals surface area contributed by atoms with E-state index < -0.39 is 5.41 Å². The van der Waals surface area contributed by atoms with E-state index in [1.54, 1.807) is 11.3 Å². The Kier molecular flexibility index (Phi) is 6.21. The first-order chi connectivity index (χ1) is 23.1. The SMILES string of the molecule is O=C1C(=Cc2cc3c(s2)C(c2ccccc2)(c2ccccc2)c2ccccc2N3c2ccccc2)C(=O)c2cc3ccccc3cc21. The first-order valence-corrected chi connectivity index (χ1v) is 16.5. The van der Waals surface area contributed by atoms with Gasteiger partial charge in [-0.1, -0.05) is 121 Å². The predicted octanol–water partition coefficient (Wildman–Crippen LogP) is 10.5. The maximum atomic E-state index is 13.8. The molecule has 0 fully saturated rings. The van der Waals surface area contributed by atoms with Crippen molar-refractivity contribution < 1.29 is 9.59 Å². The summed E-state index contributed by atoms with van der Waals surface area (Å²) in [5.74, 6) is -0.439. The Balaban J connectivity index is 1.32. The number of anilines is 3. The molecule has 0 bridgehead atoms. The summed E-state index contributed by atoms with van der Waals surface area (Å²) in [6.07, 6.45) is 1.81.